The predicted octanol–water partition coefficient (Wildman–Crippen LogP) is 2.01. The van der Waals surface area contributed by atoms with Crippen molar-refractivity contribution < 1.29 is 4.42 Å². The van der Waals surface area contributed by atoms with Crippen molar-refractivity contribution in [2.75, 3.05) is 0 Å². The van der Waals surface area contributed by atoms with Gasteiger partial charge in [0.15, 0.2) is 5.58 Å². The smallest absolute Gasteiger partial charge is 0.408 e. The summed E-state index contributed by atoms with van der Waals surface area (Å²) in [6, 6.07) is 7.23. The maximum absolute atomic E-state index is 11.1. The summed E-state index contributed by atoms with van der Waals surface area (Å²) in [7, 11) is 0. The van der Waals surface area contributed by atoms with E-state index >= 15 is 0 Å². The molecule has 2 aromatic heterocycles. The monoisotopic (exact) mass is 259 g/mol. The van der Waals surface area contributed by atoms with Gasteiger partial charge >= 0.3 is 5.76 Å². The Hall–Kier alpha value is -2.08. The lowest BCUT2D eigenvalue weighted by atomic mass is 10.1. The van der Waals surface area contributed by atoms with Gasteiger partial charge in [-0.1, -0.05) is 0 Å². The molecule has 3 aromatic rings. The van der Waals surface area contributed by atoms with Gasteiger partial charge in [-0.3, -0.25) is 4.98 Å². The van der Waals surface area contributed by atoms with Crippen LogP contribution in [0.3, 0.4) is 0 Å². The first kappa shape index (κ1) is 11.0. The van der Waals surface area contributed by atoms with Crippen LogP contribution >= 0.6 is 12.6 Å². The molecule has 0 atom stereocenters. The maximum atomic E-state index is 11.1. The Bertz CT molecular complexity index is 763. The summed E-state index contributed by atoms with van der Waals surface area (Å²) in [4.78, 5) is 22.1. The highest BCUT2D eigenvalue weighted by atomic mass is 32.1. The summed E-state index contributed by atoms with van der Waals surface area (Å²) < 4.78 is 4.95. The van der Waals surface area contributed by atoms with Crippen LogP contribution in [0.15, 0.2) is 39.7 Å². The second-order valence-electron chi connectivity index (χ2n) is 3.74. The average molecular weight is 259 g/mol. The molecule has 0 radical (unpaired) electrons. The van der Waals surface area contributed by atoms with Crippen molar-refractivity contribution in [1.29, 1.82) is 0 Å². The van der Waals surface area contributed by atoms with Gasteiger partial charge in [0.1, 0.15) is 5.82 Å². The Morgan fingerprint density at radius 2 is 2.22 bits per heavy atom. The van der Waals surface area contributed by atoms with E-state index in [0.29, 0.717) is 22.7 Å². The molecule has 6 heteroatoms. The van der Waals surface area contributed by atoms with E-state index in [4.69, 9.17) is 4.42 Å². The number of rotatable bonds is 2. The molecule has 3 rings (SSSR count). The second kappa shape index (κ2) is 4.30. The predicted molar refractivity (Wildman–Crippen MR) is 70.6 cm³/mol. The topological polar surface area (TPSA) is 71.8 Å². The van der Waals surface area contributed by atoms with Crippen molar-refractivity contribution >= 4 is 23.7 Å². The van der Waals surface area contributed by atoms with Gasteiger partial charge in [-0.15, -0.1) is 0 Å². The summed E-state index contributed by atoms with van der Waals surface area (Å²) in [5, 5.41) is 0. The van der Waals surface area contributed by atoms with Crippen LogP contribution in [-0.2, 0) is 5.75 Å². The third-order valence-corrected chi connectivity index (χ3v) is 2.84. The molecule has 0 amide bonds. The number of fused-ring (bicyclic) bond motifs is 1. The van der Waals surface area contributed by atoms with Crippen LogP contribution in [0.5, 0.6) is 0 Å². The number of hydrogen-bond donors (Lipinski definition) is 2. The Kier molecular flexibility index (Phi) is 2.64. The number of thiol groups is 1. The number of aromatic nitrogens is 3. The fourth-order valence-corrected chi connectivity index (χ4v) is 1.90. The largest absolute Gasteiger partial charge is 0.417 e. The molecule has 0 saturated carbocycles. The van der Waals surface area contributed by atoms with Gasteiger partial charge < -0.3 is 4.42 Å². The Labute approximate surface area is 107 Å². The van der Waals surface area contributed by atoms with E-state index in [2.05, 4.69) is 27.6 Å². The van der Waals surface area contributed by atoms with Crippen molar-refractivity contribution in [1.82, 2.24) is 15.0 Å². The van der Waals surface area contributed by atoms with Crippen LogP contribution < -0.4 is 5.76 Å². The molecule has 1 N–H and O–H groups in total. The van der Waals surface area contributed by atoms with Gasteiger partial charge in [0.2, 0.25) is 0 Å². The van der Waals surface area contributed by atoms with E-state index < -0.39 is 5.76 Å². The van der Waals surface area contributed by atoms with Crippen LogP contribution in [0.4, 0.5) is 0 Å². The molecule has 0 spiro atoms. The molecule has 0 aliphatic rings. The van der Waals surface area contributed by atoms with Crippen LogP contribution in [0, 0.1) is 0 Å². The highest BCUT2D eigenvalue weighted by Gasteiger charge is 2.05. The van der Waals surface area contributed by atoms with E-state index in [1.807, 2.05) is 18.2 Å². The molecule has 0 saturated heterocycles. The van der Waals surface area contributed by atoms with Crippen LogP contribution in [0.25, 0.3) is 22.4 Å². The van der Waals surface area contributed by atoms with E-state index in [1.165, 1.54) is 0 Å². The highest BCUT2D eigenvalue weighted by Crippen LogP contribution is 2.21. The minimum atomic E-state index is -0.458. The van der Waals surface area contributed by atoms with E-state index in [9.17, 15) is 4.79 Å². The number of nitrogens with zero attached hydrogens (tertiary/aromatic N) is 2. The molecule has 90 valence electrons. The number of hydrogen-bond acceptors (Lipinski definition) is 5. The number of benzene rings is 1. The molecular formula is C12H9N3O2S. The summed E-state index contributed by atoms with van der Waals surface area (Å²) >= 11 is 4.14. The summed E-state index contributed by atoms with van der Waals surface area (Å²) in [6.45, 7) is 0. The summed E-state index contributed by atoms with van der Waals surface area (Å²) in [5.74, 6) is 0.691. The third-order valence-electron chi connectivity index (χ3n) is 2.56. The lowest BCUT2D eigenvalue weighted by Crippen LogP contribution is -1.93. The Morgan fingerprint density at radius 1 is 1.33 bits per heavy atom. The van der Waals surface area contributed by atoms with E-state index in [-0.39, 0.29) is 0 Å². The zero-order valence-corrected chi connectivity index (χ0v) is 10.1. The molecule has 18 heavy (non-hydrogen) atoms. The van der Waals surface area contributed by atoms with Crippen LogP contribution in [-0.4, -0.2) is 15.0 Å². The quantitative estimate of drug-likeness (QED) is 0.690. The Morgan fingerprint density at radius 3 is 3.06 bits per heavy atom. The fraction of sp³-hybridized carbons (Fsp3) is 0.0833. The lowest BCUT2D eigenvalue weighted by molar-refractivity contribution is 0.555. The molecule has 5 nitrogen and oxygen atoms in total. The minimum Gasteiger partial charge on any atom is -0.408 e. The van der Waals surface area contributed by atoms with Crippen molar-refractivity contribution in [3.63, 3.8) is 0 Å². The number of aromatic amines is 1. The SMILES string of the molecule is O=c1[nH]c2cc(-c3ccnc(CS)n3)ccc2o1. The van der Waals surface area contributed by atoms with Crippen LogP contribution in [0.2, 0.25) is 0 Å². The average Bonchev–Trinajstić information content (AvgIpc) is 2.77. The molecule has 0 aliphatic heterocycles. The summed E-state index contributed by atoms with van der Waals surface area (Å²) in [6.07, 6.45) is 1.69. The minimum absolute atomic E-state index is 0.458. The lowest BCUT2D eigenvalue weighted by Gasteiger charge is -2.01. The van der Waals surface area contributed by atoms with Crippen LogP contribution in [0.1, 0.15) is 5.82 Å². The number of oxazole rings is 1. The number of nitrogens with one attached hydrogen (secondary N) is 1. The first-order valence-electron chi connectivity index (χ1n) is 5.32. The highest BCUT2D eigenvalue weighted by molar-refractivity contribution is 7.79. The molecular weight excluding hydrogens is 250 g/mol. The maximum Gasteiger partial charge on any atom is 0.417 e. The Balaban J connectivity index is 2.15. The zero-order valence-electron chi connectivity index (χ0n) is 9.25. The first-order valence-corrected chi connectivity index (χ1v) is 5.95. The fourth-order valence-electron chi connectivity index (χ4n) is 1.75. The number of H-pyrrole nitrogens is 1. The molecule has 0 bridgehead atoms. The third kappa shape index (κ3) is 1.91. The van der Waals surface area contributed by atoms with Gasteiger partial charge in [-0.2, -0.15) is 12.6 Å². The van der Waals surface area contributed by atoms with E-state index in [1.54, 1.807) is 12.3 Å². The molecule has 1 aromatic carbocycles. The summed E-state index contributed by atoms with van der Waals surface area (Å²) in [5.41, 5.74) is 2.87. The van der Waals surface area contributed by atoms with Gasteiger partial charge in [0.05, 0.1) is 17.0 Å². The second-order valence-corrected chi connectivity index (χ2v) is 4.06. The van der Waals surface area contributed by atoms with Gasteiger partial charge in [-0.25, -0.2) is 14.8 Å². The van der Waals surface area contributed by atoms with E-state index in [0.717, 1.165) is 11.3 Å². The van der Waals surface area contributed by atoms with Gasteiger partial charge in [0, 0.05) is 11.8 Å². The standard InChI is InChI=1S/C12H9N3O2S/c16-12-15-9-5-7(1-2-10(9)17-12)8-3-4-13-11(6-18)14-8/h1-5,18H,6H2,(H,15,16). The van der Waals surface area contributed by atoms with Gasteiger partial charge in [-0.05, 0) is 24.3 Å². The van der Waals surface area contributed by atoms with Gasteiger partial charge in [0.25, 0.3) is 0 Å². The van der Waals surface area contributed by atoms with Crippen molar-refractivity contribution in [3.8, 4) is 11.3 Å². The first-order chi connectivity index (χ1) is 8.76. The normalized spacial score (nSPS) is 10.9. The molecule has 0 unspecified atom stereocenters. The van der Waals surface area contributed by atoms with Crippen molar-refractivity contribution in [2.24, 2.45) is 0 Å². The van der Waals surface area contributed by atoms with Crippen molar-refractivity contribution in [2.45, 2.75) is 5.75 Å². The molecule has 0 fully saturated rings. The molecule has 2 heterocycles. The molecule has 0 aliphatic carbocycles. The zero-order chi connectivity index (χ0) is 12.5. The van der Waals surface area contributed by atoms with Crippen molar-refractivity contribution in [3.05, 3.63) is 46.8 Å².